The molecule has 0 radical (unpaired) electrons. The maximum atomic E-state index is 13.9. The molecule has 4 rings (SSSR count). The van der Waals surface area contributed by atoms with Gasteiger partial charge in [0.25, 0.3) is 0 Å². The molecule has 1 aliphatic rings. The predicted molar refractivity (Wildman–Crippen MR) is 119 cm³/mol. The highest BCUT2D eigenvalue weighted by Gasteiger charge is 2.24. The first-order valence-electron chi connectivity index (χ1n) is 10.3. The number of thioether (sulfide) groups is 1. The molecular weight excluding hydrogens is 431 g/mol. The van der Waals surface area contributed by atoms with Gasteiger partial charge in [-0.1, -0.05) is 23.9 Å². The SMILES string of the molecule is Cc1c(C#N)c(NC(=O)CSc2n[nH]c(-c3ccccc3F)n2)n(C[C@H]2CCCO2)c1C. The molecule has 166 valence electrons. The van der Waals surface area contributed by atoms with Crippen LogP contribution in [-0.4, -0.2) is 44.1 Å². The second-order valence-electron chi connectivity index (χ2n) is 7.57. The van der Waals surface area contributed by atoms with Crippen LogP contribution in [0, 0.1) is 31.0 Å². The summed E-state index contributed by atoms with van der Waals surface area (Å²) in [6, 6.07) is 8.47. The molecule has 1 fully saturated rings. The van der Waals surface area contributed by atoms with E-state index in [1.165, 1.54) is 6.07 Å². The monoisotopic (exact) mass is 454 g/mol. The van der Waals surface area contributed by atoms with Gasteiger partial charge in [-0.05, 0) is 44.4 Å². The van der Waals surface area contributed by atoms with Crippen LogP contribution in [0.3, 0.4) is 0 Å². The molecule has 0 unspecified atom stereocenters. The summed E-state index contributed by atoms with van der Waals surface area (Å²) in [6.07, 6.45) is 2.04. The number of H-pyrrole nitrogens is 1. The lowest BCUT2D eigenvalue weighted by Crippen LogP contribution is -2.22. The minimum Gasteiger partial charge on any atom is -0.376 e. The number of amides is 1. The zero-order valence-corrected chi connectivity index (χ0v) is 18.6. The van der Waals surface area contributed by atoms with Crippen molar-refractivity contribution in [2.45, 2.75) is 44.5 Å². The van der Waals surface area contributed by atoms with Crippen LogP contribution in [-0.2, 0) is 16.1 Å². The number of aromatic nitrogens is 4. The van der Waals surface area contributed by atoms with Crippen LogP contribution in [0.4, 0.5) is 10.2 Å². The first-order chi connectivity index (χ1) is 15.5. The van der Waals surface area contributed by atoms with Gasteiger partial charge in [-0.3, -0.25) is 9.89 Å². The number of ether oxygens (including phenoxy) is 1. The molecule has 10 heteroatoms. The zero-order chi connectivity index (χ0) is 22.7. The number of hydrogen-bond acceptors (Lipinski definition) is 6. The molecule has 1 aliphatic heterocycles. The summed E-state index contributed by atoms with van der Waals surface area (Å²) < 4.78 is 21.6. The minimum atomic E-state index is -0.403. The number of aromatic amines is 1. The lowest BCUT2D eigenvalue weighted by molar-refractivity contribution is -0.113. The Morgan fingerprint density at radius 1 is 1.44 bits per heavy atom. The Morgan fingerprint density at radius 3 is 2.97 bits per heavy atom. The fourth-order valence-corrected chi connectivity index (χ4v) is 4.33. The molecule has 1 atom stereocenters. The van der Waals surface area contributed by atoms with Gasteiger partial charge in [-0.25, -0.2) is 9.37 Å². The molecule has 0 aliphatic carbocycles. The summed E-state index contributed by atoms with van der Waals surface area (Å²) >= 11 is 1.13. The van der Waals surface area contributed by atoms with E-state index < -0.39 is 5.82 Å². The lowest BCUT2D eigenvalue weighted by Gasteiger charge is -2.16. The van der Waals surface area contributed by atoms with Gasteiger partial charge in [-0.2, -0.15) is 5.26 Å². The van der Waals surface area contributed by atoms with Crippen molar-refractivity contribution in [3.8, 4) is 17.5 Å². The summed E-state index contributed by atoms with van der Waals surface area (Å²) in [7, 11) is 0. The second-order valence-corrected chi connectivity index (χ2v) is 8.52. The molecule has 1 aromatic carbocycles. The van der Waals surface area contributed by atoms with Gasteiger partial charge in [0.2, 0.25) is 11.1 Å². The molecule has 0 spiro atoms. The van der Waals surface area contributed by atoms with E-state index in [0.717, 1.165) is 42.5 Å². The number of nitrogens with zero attached hydrogens (tertiary/aromatic N) is 4. The summed E-state index contributed by atoms with van der Waals surface area (Å²) in [6.45, 7) is 5.14. The Balaban J connectivity index is 1.45. The van der Waals surface area contributed by atoms with Crippen LogP contribution in [0.1, 0.15) is 29.7 Å². The number of anilines is 1. The van der Waals surface area contributed by atoms with Crippen LogP contribution in [0.15, 0.2) is 29.4 Å². The molecule has 3 heterocycles. The third-order valence-electron chi connectivity index (χ3n) is 5.54. The quantitative estimate of drug-likeness (QED) is 0.526. The van der Waals surface area contributed by atoms with E-state index in [-0.39, 0.29) is 17.8 Å². The molecule has 1 amide bonds. The van der Waals surface area contributed by atoms with Crippen molar-refractivity contribution >= 4 is 23.5 Å². The Kier molecular flexibility index (Phi) is 6.58. The van der Waals surface area contributed by atoms with E-state index >= 15 is 0 Å². The van der Waals surface area contributed by atoms with Crippen LogP contribution in [0.25, 0.3) is 11.4 Å². The summed E-state index contributed by atoms with van der Waals surface area (Å²) in [5, 5.41) is 19.6. The molecule has 3 aromatic rings. The Morgan fingerprint density at radius 2 is 2.25 bits per heavy atom. The summed E-state index contributed by atoms with van der Waals surface area (Å²) in [5.41, 5.74) is 2.55. The standard InChI is InChI=1S/C22H23FN6O2S/c1-13-14(2)29(11-15-6-5-9-31-15)21(17(13)10-24)25-19(30)12-32-22-26-20(27-28-22)16-7-3-4-8-18(16)23/h3-4,7-8,15H,5-6,9,11-12H2,1-2H3,(H,25,30)(H,26,27,28)/t15-/m1/s1. The van der Waals surface area contributed by atoms with Crippen molar-refractivity contribution in [2.75, 3.05) is 17.7 Å². The molecular formula is C22H23FN6O2S. The number of rotatable bonds is 7. The molecule has 0 bridgehead atoms. The van der Waals surface area contributed by atoms with E-state index in [1.54, 1.807) is 18.2 Å². The maximum absolute atomic E-state index is 13.9. The van der Waals surface area contributed by atoms with Crippen molar-refractivity contribution < 1.29 is 13.9 Å². The number of halogens is 1. The molecule has 8 nitrogen and oxygen atoms in total. The van der Waals surface area contributed by atoms with E-state index in [4.69, 9.17) is 4.74 Å². The number of hydrogen-bond donors (Lipinski definition) is 2. The third kappa shape index (κ3) is 4.54. The van der Waals surface area contributed by atoms with E-state index in [0.29, 0.717) is 34.5 Å². The zero-order valence-electron chi connectivity index (χ0n) is 17.8. The number of nitrogens with one attached hydrogen (secondary N) is 2. The topological polar surface area (TPSA) is 109 Å². The first-order valence-corrected chi connectivity index (χ1v) is 11.3. The molecule has 2 aromatic heterocycles. The van der Waals surface area contributed by atoms with Crippen LogP contribution < -0.4 is 5.32 Å². The average molecular weight is 455 g/mol. The van der Waals surface area contributed by atoms with Gasteiger partial charge in [-0.15, -0.1) is 5.10 Å². The molecule has 2 N–H and O–H groups in total. The normalized spacial score (nSPS) is 15.6. The van der Waals surface area contributed by atoms with Crippen molar-refractivity contribution in [1.29, 1.82) is 5.26 Å². The van der Waals surface area contributed by atoms with Gasteiger partial charge in [0.1, 0.15) is 17.7 Å². The number of carbonyl (C=O) groups is 1. The van der Waals surface area contributed by atoms with Gasteiger partial charge >= 0.3 is 0 Å². The fraction of sp³-hybridized carbons (Fsp3) is 0.364. The highest BCUT2D eigenvalue weighted by molar-refractivity contribution is 7.99. The van der Waals surface area contributed by atoms with Gasteiger partial charge in [0, 0.05) is 12.3 Å². The van der Waals surface area contributed by atoms with E-state index in [1.807, 2.05) is 18.4 Å². The first kappa shape index (κ1) is 22.0. The minimum absolute atomic E-state index is 0.0443. The second kappa shape index (κ2) is 9.54. The van der Waals surface area contributed by atoms with Crippen molar-refractivity contribution in [2.24, 2.45) is 0 Å². The predicted octanol–water partition coefficient (Wildman–Crippen LogP) is 3.81. The molecule has 32 heavy (non-hydrogen) atoms. The number of benzene rings is 1. The van der Waals surface area contributed by atoms with Crippen molar-refractivity contribution in [3.63, 3.8) is 0 Å². The Hall–Kier alpha value is -3.16. The number of carbonyl (C=O) groups excluding carboxylic acids is 1. The van der Waals surface area contributed by atoms with Gasteiger partial charge in [0.15, 0.2) is 5.82 Å². The Labute approximate surface area is 189 Å². The van der Waals surface area contributed by atoms with Crippen molar-refractivity contribution in [3.05, 3.63) is 46.9 Å². The smallest absolute Gasteiger partial charge is 0.235 e. The van der Waals surface area contributed by atoms with E-state index in [9.17, 15) is 14.4 Å². The summed E-state index contributed by atoms with van der Waals surface area (Å²) in [4.78, 5) is 16.9. The number of nitriles is 1. The van der Waals surface area contributed by atoms with Gasteiger partial charge < -0.3 is 14.6 Å². The van der Waals surface area contributed by atoms with Crippen LogP contribution >= 0.6 is 11.8 Å². The van der Waals surface area contributed by atoms with E-state index in [2.05, 4.69) is 26.6 Å². The lowest BCUT2D eigenvalue weighted by atomic mass is 10.2. The third-order valence-corrected chi connectivity index (χ3v) is 6.38. The highest BCUT2D eigenvalue weighted by atomic mass is 32.2. The van der Waals surface area contributed by atoms with Crippen LogP contribution in [0.5, 0.6) is 0 Å². The molecule has 0 saturated carbocycles. The summed E-state index contributed by atoms with van der Waals surface area (Å²) in [5.74, 6) is 0.150. The fourth-order valence-electron chi connectivity index (χ4n) is 3.73. The Bertz CT molecular complexity index is 1180. The highest BCUT2D eigenvalue weighted by Crippen LogP contribution is 2.29. The maximum Gasteiger partial charge on any atom is 0.235 e. The van der Waals surface area contributed by atoms with Gasteiger partial charge in [0.05, 0.1) is 29.5 Å². The van der Waals surface area contributed by atoms with Crippen molar-refractivity contribution in [1.82, 2.24) is 19.7 Å². The largest absolute Gasteiger partial charge is 0.376 e. The van der Waals surface area contributed by atoms with Crippen LogP contribution in [0.2, 0.25) is 0 Å². The average Bonchev–Trinajstić information content (AvgIpc) is 3.51. The molecule has 1 saturated heterocycles.